The zero-order valence-electron chi connectivity index (χ0n) is 18.4. The van der Waals surface area contributed by atoms with Crippen LogP contribution in [-0.2, 0) is 4.79 Å². The van der Waals surface area contributed by atoms with Gasteiger partial charge in [-0.15, -0.1) is 0 Å². The molecule has 1 aromatic rings. The topological polar surface area (TPSA) is 93.1 Å². The number of carbonyl (C=O) groups is 2. The van der Waals surface area contributed by atoms with Gasteiger partial charge in [-0.3, -0.25) is 9.59 Å². The monoisotopic (exact) mass is 416 g/mol. The van der Waals surface area contributed by atoms with Crippen molar-refractivity contribution in [3.8, 4) is 17.2 Å². The van der Waals surface area contributed by atoms with Gasteiger partial charge in [0, 0.05) is 11.5 Å². The summed E-state index contributed by atoms with van der Waals surface area (Å²) in [6.07, 6.45) is 6.66. The molecule has 2 aliphatic heterocycles. The SMILES string of the molecule is CCCCCC(CC(=O)O)c1c(O)c2c(c3c1OC(C)(C)C=C3)O[C@@H](C)[C@@H](C)C2=O. The van der Waals surface area contributed by atoms with Crippen molar-refractivity contribution in [3.05, 3.63) is 22.8 Å². The van der Waals surface area contributed by atoms with Crippen LogP contribution in [0, 0.1) is 5.92 Å². The van der Waals surface area contributed by atoms with Crippen molar-refractivity contribution in [3.63, 3.8) is 0 Å². The predicted molar refractivity (Wildman–Crippen MR) is 115 cm³/mol. The Morgan fingerprint density at radius 3 is 2.57 bits per heavy atom. The molecule has 0 saturated heterocycles. The van der Waals surface area contributed by atoms with Crippen molar-refractivity contribution < 1.29 is 29.3 Å². The average molecular weight is 417 g/mol. The number of hydrogen-bond acceptors (Lipinski definition) is 5. The Labute approximate surface area is 177 Å². The number of phenolic OH excluding ortho intramolecular Hbond substituents is 1. The van der Waals surface area contributed by atoms with Crippen LogP contribution >= 0.6 is 0 Å². The fraction of sp³-hybridized carbons (Fsp3) is 0.583. The Kier molecular flexibility index (Phi) is 6.16. The van der Waals surface area contributed by atoms with Crippen LogP contribution in [0.25, 0.3) is 6.08 Å². The summed E-state index contributed by atoms with van der Waals surface area (Å²) in [4.78, 5) is 24.7. The summed E-state index contributed by atoms with van der Waals surface area (Å²) in [6, 6.07) is 0. The lowest BCUT2D eigenvalue weighted by Gasteiger charge is -2.36. The van der Waals surface area contributed by atoms with Crippen molar-refractivity contribution in [2.45, 2.75) is 84.3 Å². The summed E-state index contributed by atoms with van der Waals surface area (Å²) in [5, 5.41) is 20.8. The van der Waals surface area contributed by atoms with E-state index < -0.39 is 23.4 Å². The lowest BCUT2D eigenvalue weighted by molar-refractivity contribution is -0.137. The number of unbranched alkanes of at least 4 members (excludes halogenated alkanes) is 2. The number of phenols is 1. The van der Waals surface area contributed by atoms with E-state index in [1.54, 1.807) is 6.92 Å². The van der Waals surface area contributed by atoms with E-state index in [-0.39, 0.29) is 29.6 Å². The van der Waals surface area contributed by atoms with Crippen LogP contribution in [0.3, 0.4) is 0 Å². The molecule has 1 unspecified atom stereocenters. The molecule has 2 heterocycles. The van der Waals surface area contributed by atoms with Gasteiger partial charge in [0.15, 0.2) is 5.78 Å². The molecule has 3 rings (SSSR count). The maximum absolute atomic E-state index is 13.1. The van der Waals surface area contributed by atoms with Gasteiger partial charge < -0.3 is 19.7 Å². The lowest BCUT2D eigenvalue weighted by Crippen LogP contribution is -2.35. The Bertz CT molecular complexity index is 882. The number of fused-ring (bicyclic) bond motifs is 3. The standard InChI is InChI=1S/C24H32O6/c1-6-7-8-9-15(12-17(25)26)18-21(28)19-20(27)13(2)14(3)29-22(19)16-10-11-24(4,5)30-23(16)18/h10-11,13-15,28H,6-9,12H2,1-5H3,(H,25,26)/t13-,14+,15?/m1/s1. The second-order valence-electron chi connectivity index (χ2n) is 9.01. The highest BCUT2D eigenvalue weighted by molar-refractivity contribution is 6.06. The van der Waals surface area contributed by atoms with E-state index in [1.807, 2.05) is 32.9 Å². The normalized spacial score (nSPS) is 22.5. The Balaban J connectivity index is 2.25. The van der Waals surface area contributed by atoms with Crippen molar-refractivity contribution in [1.82, 2.24) is 0 Å². The Hall–Kier alpha value is -2.50. The number of Topliss-reactive ketones (excluding diaryl/α,β-unsaturated/α-hetero) is 1. The number of rotatable bonds is 7. The largest absolute Gasteiger partial charge is 0.507 e. The second kappa shape index (κ2) is 8.32. The molecular weight excluding hydrogens is 384 g/mol. The first-order valence-electron chi connectivity index (χ1n) is 10.8. The summed E-state index contributed by atoms with van der Waals surface area (Å²) < 4.78 is 12.3. The number of aromatic hydroxyl groups is 1. The maximum atomic E-state index is 13.1. The highest BCUT2D eigenvalue weighted by Gasteiger charge is 2.41. The molecule has 6 heteroatoms. The molecule has 0 fully saturated rings. The Morgan fingerprint density at radius 1 is 1.23 bits per heavy atom. The molecule has 6 nitrogen and oxygen atoms in total. The maximum Gasteiger partial charge on any atom is 0.303 e. The van der Waals surface area contributed by atoms with E-state index in [0.717, 1.165) is 19.3 Å². The number of ether oxygens (including phenoxy) is 2. The number of carboxylic acids is 1. The number of ketones is 1. The fourth-order valence-electron chi connectivity index (χ4n) is 4.23. The van der Waals surface area contributed by atoms with Gasteiger partial charge in [0.1, 0.15) is 34.5 Å². The van der Waals surface area contributed by atoms with Crippen LogP contribution in [0.2, 0.25) is 0 Å². The van der Waals surface area contributed by atoms with E-state index in [4.69, 9.17) is 9.47 Å². The molecule has 1 aromatic carbocycles. The molecule has 0 aliphatic carbocycles. The van der Waals surface area contributed by atoms with Crippen LogP contribution in [0.4, 0.5) is 0 Å². The first-order chi connectivity index (χ1) is 14.1. The smallest absolute Gasteiger partial charge is 0.303 e. The summed E-state index contributed by atoms with van der Waals surface area (Å²) in [7, 11) is 0. The fourth-order valence-corrected chi connectivity index (χ4v) is 4.23. The van der Waals surface area contributed by atoms with Crippen molar-refractivity contribution in [2.75, 3.05) is 0 Å². The van der Waals surface area contributed by atoms with Gasteiger partial charge in [0.2, 0.25) is 0 Å². The first kappa shape index (κ1) is 22.2. The number of benzene rings is 1. The van der Waals surface area contributed by atoms with E-state index in [0.29, 0.717) is 29.0 Å². The summed E-state index contributed by atoms with van der Waals surface area (Å²) in [5.41, 5.74) is 0.540. The van der Waals surface area contributed by atoms with Gasteiger partial charge in [-0.1, -0.05) is 33.1 Å². The molecule has 0 radical (unpaired) electrons. The van der Waals surface area contributed by atoms with Crippen molar-refractivity contribution >= 4 is 17.8 Å². The van der Waals surface area contributed by atoms with Crippen LogP contribution in [-0.4, -0.2) is 33.7 Å². The summed E-state index contributed by atoms with van der Waals surface area (Å²) in [6.45, 7) is 9.48. The molecule has 0 spiro atoms. The molecular formula is C24H32O6. The third-order valence-electron chi connectivity index (χ3n) is 6.12. The average Bonchev–Trinajstić information content (AvgIpc) is 2.64. The second-order valence-corrected chi connectivity index (χ2v) is 9.01. The molecule has 2 aliphatic rings. The van der Waals surface area contributed by atoms with Crippen LogP contribution in [0.1, 0.15) is 94.1 Å². The number of aliphatic carboxylic acids is 1. The summed E-state index contributed by atoms with van der Waals surface area (Å²) >= 11 is 0. The Morgan fingerprint density at radius 2 is 1.93 bits per heavy atom. The first-order valence-corrected chi connectivity index (χ1v) is 10.8. The van der Waals surface area contributed by atoms with Crippen LogP contribution in [0.15, 0.2) is 6.08 Å². The van der Waals surface area contributed by atoms with E-state index in [9.17, 15) is 19.8 Å². The predicted octanol–water partition coefficient (Wildman–Crippen LogP) is 5.31. The van der Waals surface area contributed by atoms with E-state index in [2.05, 4.69) is 6.92 Å². The number of carboxylic acid groups (broad SMARTS) is 1. The highest BCUT2D eigenvalue weighted by atomic mass is 16.5. The van der Waals surface area contributed by atoms with Crippen LogP contribution in [0.5, 0.6) is 17.2 Å². The van der Waals surface area contributed by atoms with Gasteiger partial charge in [0.05, 0.1) is 17.9 Å². The van der Waals surface area contributed by atoms with Gasteiger partial charge in [-0.05, 0) is 39.3 Å². The van der Waals surface area contributed by atoms with Crippen molar-refractivity contribution in [2.24, 2.45) is 5.92 Å². The molecule has 30 heavy (non-hydrogen) atoms. The molecule has 2 N–H and O–H groups in total. The van der Waals surface area contributed by atoms with Gasteiger partial charge in [0.25, 0.3) is 0 Å². The van der Waals surface area contributed by atoms with E-state index >= 15 is 0 Å². The van der Waals surface area contributed by atoms with Crippen molar-refractivity contribution in [1.29, 1.82) is 0 Å². The minimum atomic E-state index is -0.947. The number of carbonyl (C=O) groups excluding carboxylic acids is 1. The zero-order valence-corrected chi connectivity index (χ0v) is 18.4. The minimum Gasteiger partial charge on any atom is -0.507 e. The molecule has 0 amide bonds. The quantitative estimate of drug-likeness (QED) is 0.585. The van der Waals surface area contributed by atoms with Gasteiger partial charge in [-0.2, -0.15) is 0 Å². The molecule has 3 atom stereocenters. The third-order valence-corrected chi connectivity index (χ3v) is 6.12. The zero-order chi connectivity index (χ0) is 22.2. The van der Waals surface area contributed by atoms with Crippen LogP contribution < -0.4 is 9.47 Å². The molecule has 0 bridgehead atoms. The molecule has 164 valence electrons. The lowest BCUT2D eigenvalue weighted by atomic mass is 9.81. The van der Waals surface area contributed by atoms with E-state index in [1.165, 1.54) is 0 Å². The van der Waals surface area contributed by atoms with Gasteiger partial charge >= 0.3 is 5.97 Å². The summed E-state index contributed by atoms with van der Waals surface area (Å²) in [5.74, 6) is -1.44. The van der Waals surface area contributed by atoms with Gasteiger partial charge in [-0.25, -0.2) is 0 Å². The molecule has 0 saturated carbocycles. The minimum absolute atomic E-state index is 0.142. The third kappa shape index (κ3) is 4.05. The molecule has 0 aromatic heterocycles. The highest BCUT2D eigenvalue weighted by Crippen LogP contribution is 2.53. The number of hydrogen-bond donors (Lipinski definition) is 2.